The van der Waals surface area contributed by atoms with E-state index in [1.807, 2.05) is 56.3 Å². The second-order valence-corrected chi connectivity index (χ2v) is 7.21. The van der Waals surface area contributed by atoms with Crippen molar-refractivity contribution in [1.82, 2.24) is 4.98 Å². The first kappa shape index (κ1) is 21.6. The molecule has 0 aliphatic rings. The van der Waals surface area contributed by atoms with E-state index in [1.165, 1.54) is 0 Å². The van der Waals surface area contributed by atoms with Crippen molar-refractivity contribution in [3.63, 3.8) is 0 Å². The molecule has 4 nitrogen and oxygen atoms in total. The number of carboxylic acids is 1. The molecular formula is C22H29NO3. The van der Waals surface area contributed by atoms with Gasteiger partial charge in [0, 0.05) is 12.6 Å². The Morgan fingerprint density at radius 2 is 1.54 bits per heavy atom. The fourth-order valence-electron chi connectivity index (χ4n) is 2.42. The SMILES string of the molecule is CC.CC(C)(CC(=O)C(C)(C)c1cc(-c2ccccc2)ccn1)C(=O)O. The van der Waals surface area contributed by atoms with Gasteiger partial charge in [0.2, 0.25) is 0 Å². The Morgan fingerprint density at radius 1 is 0.962 bits per heavy atom. The Kier molecular flexibility index (Phi) is 7.25. The average Bonchev–Trinajstić information content (AvgIpc) is 2.63. The van der Waals surface area contributed by atoms with Gasteiger partial charge in [-0.05, 0) is 51.0 Å². The molecule has 0 atom stereocenters. The van der Waals surface area contributed by atoms with E-state index in [4.69, 9.17) is 0 Å². The van der Waals surface area contributed by atoms with Gasteiger partial charge in [-0.25, -0.2) is 0 Å². The van der Waals surface area contributed by atoms with Gasteiger partial charge >= 0.3 is 5.97 Å². The number of hydrogen-bond donors (Lipinski definition) is 1. The molecule has 0 aliphatic heterocycles. The van der Waals surface area contributed by atoms with Crippen LogP contribution in [0.1, 0.15) is 53.7 Å². The highest BCUT2D eigenvalue weighted by Gasteiger charge is 2.38. The maximum Gasteiger partial charge on any atom is 0.309 e. The summed E-state index contributed by atoms with van der Waals surface area (Å²) >= 11 is 0. The van der Waals surface area contributed by atoms with Crippen molar-refractivity contribution in [2.75, 3.05) is 0 Å². The molecule has 0 spiro atoms. The first-order valence-electron chi connectivity index (χ1n) is 8.93. The van der Waals surface area contributed by atoms with Gasteiger partial charge in [0.25, 0.3) is 0 Å². The van der Waals surface area contributed by atoms with E-state index in [1.54, 1.807) is 33.9 Å². The lowest BCUT2D eigenvalue weighted by atomic mass is 9.75. The molecule has 26 heavy (non-hydrogen) atoms. The quantitative estimate of drug-likeness (QED) is 0.780. The minimum absolute atomic E-state index is 0.0351. The van der Waals surface area contributed by atoms with Crippen LogP contribution >= 0.6 is 0 Å². The molecule has 0 radical (unpaired) electrons. The molecule has 1 aromatic heterocycles. The first-order valence-corrected chi connectivity index (χ1v) is 8.93. The summed E-state index contributed by atoms with van der Waals surface area (Å²) < 4.78 is 0. The third kappa shape index (κ3) is 5.01. The van der Waals surface area contributed by atoms with Crippen LogP contribution in [0.2, 0.25) is 0 Å². The van der Waals surface area contributed by atoms with Gasteiger partial charge in [-0.1, -0.05) is 44.2 Å². The topological polar surface area (TPSA) is 67.3 Å². The predicted octanol–water partition coefficient (Wildman–Crippen LogP) is 5.12. The van der Waals surface area contributed by atoms with Crippen molar-refractivity contribution in [2.45, 2.75) is 53.4 Å². The summed E-state index contributed by atoms with van der Waals surface area (Å²) in [5.41, 5.74) is 0.743. The highest BCUT2D eigenvalue weighted by Crippen LogP contribution is 2.32. The third-order valence-electron chi connectivity index (χ3n) is 4.39. The number of aromatic nitrogens is 1. The van der Waals surface area contributed by atoms with Crippen molar-refractivity contribution >= 4 is 11.8 Å². The highest BCUT2D eigenvalue weighted by atomic mass is 16.4. The van der Waals surface area contributed by atoms with E-state index in [0.717, 1.165) is 11.1 Å². The number of nitrogens with zero attached hydrogens (tertiary/aromatic N) is 1. The monoisotopic (exact) mass is 355 g/mol. The molecular weight excluding hydrogens is 326 g/mol. The van der Waals surface area contributed by atoms with E-state index in [9.17, 15) is 14.7 Å². The molecule has 1 heterocycles. The molecule has 0 bridgehead atoms. The van der Waals surface area contributed by atoms with Crippen LogP contribution in [0.4, 0.5) is 0 Å². The molecule has 4 heteroatoms. The molecule has 0 saturated heterocycles. The number of aliphatic carboxylic acids is 1. The number of pyridine rings is 1. The zero-order valence-corrected chi connectivity index (χ0v) is 16.5. The van der Waals surface area contributed by atoms with Gasteiger partial charge in [-0.2, -0.15) is 0 Å². The Balaban J connectivity index is 0.00000163. The third-order valence-corrected chi connectivity index (χ3v) is 4.39. The number of carbonyl (C=O) groups is 2. The fourth-order valence-corrected chi connectivity index (χ4v) is 2.42. The van der Waals surface area contributed by atoms with Crippen LogP contribution in [0.15, 0.2) is 48.7 Å². The number of carboxylic acid groups (broad SMARTS) is 1. The smallest absolute Gasteiger partial charge is 0.309 e. The van der Waals surface area contributed by atoms with Crippen LogP contribution in [-0.2, 0) is 15.0 Å². The van der Waals surface area contributed by atoms with Gasteiger partial charge in [0.15, 0.2) is 0 Å². The molecule has 0 amide bonds. The number of ketones is 1. The Labute approximate surface area is 156 Å². The lowest BCUT2D eigenvalue weighted by Gasteiger charge is -2.27. The van der Waals surface area contributed by atoms with Crippen molar-refractivity contribution in [3.05, 3.63) is 54.4 Å². The zero-order valence-electron chi connectivity index (χ0n) is 16.5. The van der Waals surface area contributed by atoms with Gasteiger partial charge in [0.1, 0.15) is 5.78 Å². The molecule has 0 fully saturated rings. The Hall–Kier alpha value is -2.49. The van der Waals surface area contributed by atoms with Gasteiger partial charge in [-0.15, -0.1) is 0 Å². The molecule has 140 valence electrons. The maximum atomic E-state index is 12.7. The summed E-state index contributed by atoms with van der Waals surface area (Å²) in [6.07, 6.45) is 1.65. The summed E-state index contributed by atoms with van der Waals surface area (Å²) in [4.78, 5) is 28.4. The zero-order chi connectivity index (χ0) is 20.0. The Bertz CT molecular complexity index is 749. The van der Waals surface area contributed by atoms with Crippen LogP contribution in [0.3, 0.4) is 0 Å². The number of carbonyl (C=O) groups excluding carboxylic acids is 1. The van der Waals surface area contributed by atoms with Gasteiger partial charge in [0.05, 0.1) is 16.5 Å². The van der Waals surface area contributed by atoms with Gasteiger partial charge < -0.3 is 5.11 Å². The standard InChI is InChI=1S/C20H23NO3.C2H6/c1-19(2,18(23)24)13-17(22)20(3,4)16-12-15(10-11-21-16)14-8-6-5-7-9-14;1-2/h5-12H,13H2,1-4H3,(H,23,24);1-2H3. The summed E-state index contributed by atoms with van der Waals surface area (Å²) in [5.74, 6) is -1.11. The normalized spacial score (nSPS) is 11.3. The lowest BCUT2D eigenvalue weighted by molar-refractivity contribution is -0.149. The predicted molar refractivity (Wildman–Crippen MR) is 105 cm³/mol. The summed E-state index contributed by atoms with van der Waals surface area (Å²) in [5, 5.41) is 9.25. The highest BCUT2D eigenvalue weighted by molar-refractivity contribution is 5.93. The molecule has 1 N–H and O–H groups in total. The van der Waals surface area contributed by atoms with E-state index >= 15 is 0 Å². The molecule has 1 aromatic carbocycles. The van der Waals surface area contributed by atoms with Crippen molar-refractivity contribution < 1.29 is 14.7 Å². The summed E-state index contributed by atoms with van der Waals surface area (Å²) in [6, 6.07) is 13.7. The summed E-state index contributed by atoms with van der Waals surface area (Å²) in [7, 11) is 0. The van der Waals surface area contributed by atoms with Crippen LogP contribution in [0, 0.1) is 5.41 Å². The van der Waals surface area contributed by atoms with E-state index in [0.29, 0.717) is 5.69 Å². The molecule has 2 aromatic rings. The van der Waals surface area contributed by atoms with Crippen LogP contribution < -0.4 is 0 Å². The van der Waals surface area contributed by atoms with Crippen LogP contribution in [0.5, 0.6) is 0 Å². The maximum absolute atomic E-state index is 12.7. The van der Waals surface area contributed by atoms with Gasteiger partial charge in [-0.3, -0.25) is 14.6 Å². The molecule has 0 aliphatic carbocycles. The number of hydrogen-bond acceptors (Lipinski definition) is 3. The molecule has 0 saturated carbocycles. The van der Waals surface area contributed by atoms with E-state index in [2.05, 4.69) is 4.98 Å². The average molecular weight is 355 g/mol. The van der Waals surface area contributed by atoms with Crippen molar-refractivity contribution in [2.24, 2.45) is 5.41 Å². The second-order valence-electron chi connectivity index (χ2n) is 7.21. The van der Waals surface area contributed by atoms with Crippen molar-refractivity contribution in [3.8, 4) is 11.1 Å². The van der Waals surface area contributed by atoms with E-state index in [-0.39, 0.29) is 12.2 Å². The molecule has 0 unspecified atom stereocenters. The second kappa shape index (κ2) is 8.75. The Morgan fingerprint density at radius 3 is 2.08 bits per heavy atom. The number of rotatable bonds is 6. The van der Waals surface area contributed by atoms with Crippen LogP contribution in [-0.4, -0.2) is 21.8 Å². The summed E-state index contributed by atoms with van der Waals surface area (Å²) in [6.45, 7) is 10.7. The fraction of sp³-hybridized carbons (Fsp3) is 0.409. The number of benzene rings is 1. The first-order chi connectivity index (χ1) is 12.1. The minimum Gasteiger partial charge on any atom is -0.481 e. The van der Waals surface area contributed by atoms with E-state index < -0.39 is 16.8 Å². The number of Topliss-reactive ketones (excluding diaryl/α,β-unsaturated/α-hetero) is 1. The lowest BCUT2D eigenvalue weighted by Crippen LogP contribution is -2.36. The minimum atomic E-state index is -1.09. The molecule has 2 rings (SSSR count). The van der Waals surface area contributed by atoms with Crippen LogP contribution in [0.25, 0.3) is 11.1 Å². The largest absolute Gasteiger partial charge is 0.481 e. The van der Waals surface area contributed by atoms with Crippen molar-refractivity contribution in [1.29, 1.82) is 0 Å².